The molecule has 2 N–H and O–H groups in total. The van der Waals surface area contributed by atoms with Crippen molar-refractivity contribution in [2.45, 2.75) is 6.61 Å². The van der Waals surface area contributed by atoms with Crippen LogP contribution in [0.1, 0.15) is 5.56 Å². The number of nitrogens with two attached hydrogens (primary N) is 1. The van der Waals surface area contributed by atoms with E-state index in [1.165, 1.54) is 0 Å². The van der Waals surface area contributed by atoms with Crippen LogP contribution in [0.4, 0.5) is 0 Å². The Hall–Kier alpha value is -2.33. The van der Waals surface area contributed by atoms with Gasteiger partial charge >= 0.3 is 5.97 Å². The molecule has 0 radical (unpaired) electrons. The number of hydrogen-bond donors (Lipinski definition) is 1. The van der Waals surface area contributed by atoms with Crippen molar-refractivity contribution in [3.05, 3.63) is 60.2 Å². The predicted molar refractivity (Wildman–Crippen MR) is 71.8 cm³/mol. The molecule has 0 atom stereocenters. The first-order chi connectivity index (χ1) is 9.28. The molecule has 0 aliphatic carbocycles. The molecule has 0 aliphatic heterocycles. The van der Waals surface area contributed by atoms with Crippen molar-refractivity contribution in [2.24, 2.45) is 5.73 Å². The highest BCUT2D eigenvalue weighted by molar-refractivity contribution is 5.71. The zero-order valence-electron chi connectivity index (χ0n) is 10.4. The van der Waals surface area contributed by atoms with Crippen molar-refractivity contribution in [1.82, 2.24) is 0 Å². The molecule has 19 heavy (non-hydrogen) atoms. The first-order valence-corrected chi connectivity index (χ1v) is 5.95. The second-order valence-corrected chi connectivity index (χ2v) is 3.92. The van der Waals surface area contributed by atoms with Gasteiger partial charge in [-0.1, -0.05) is 30.3 Å². The Balaban J connectivity index is 1.93. The van der Waals surface area contributed by atoms with Crippen LogP contribution in [0.5, 0.6) is 11.5 Å². The number of hydrogen-bond acceptors (Lipinski definition) is 4. The number of carbonyl (C=O) groups excluding carboxylic acids is 1. The number of rotatable bonds is 5. The molecule has 0 aromatic heterocycles. The maximum absolute atomic E-state index is 10.9. The minimum atomic E-state index is -0.412. The standard InChI is InChI=1S/C15H15NO3/c16-10-15(17)18-11-12-6-8-14(9-7-12)19-13-4-2-1-3-5-13/h1-9H,10-11,16H2. The Morgan fingerprint density at radius 3 is 2.21 bits per heavy atom. The van der Waals surface area contributed by atoms with Gasteiger partial charge in [-0.25, -0.2) is 0 Å². The summed E-state index contributed by atoms with van der Waals surface area (Å²) >= 11 is 0. The van der Waals surface area contributed by atoms with Crippen LogP contribution in [0.2, 0.25) is 0 Å². The van der Waals surface area contributed by atoms with Crippen molar-refractivity contribution >= 4 is 5.97 Å². The van der Waals surface area contributed by atoms with E-state index in [0.717, 1.165) is 17.1 Å². The SMILES string of the molecule is NCC(=O)OCc1ccc(Oc2ccccc2)cc1. The number of esters is 1. The van der Waals surface area contributed by atoms with Crippen LogP contribution in [-0.4, -0.2) is 12.5 Å². The van der Waals surface area contributed by atoms with Crippen LogP contribution < -0.4 is 10.5 Å². The summed E-state index contributed by atoms with van der Waals surface area (Å²) in [5, 5.41) is 0. The smallest absolute Gasteiger partial charge is 0.320 e. The third-order valence-electron chi connectivity index (χ3n) is 2.47. The van der Waals surface area contributed by atoms with E-state index < -0.39 is 5.97 Å². The molecule has 0 spiro atoms. The van der Waals surface area contributed by atoms with Gasteiger partial charge in [0.15, 0.2) is 0 Å². The van der Waals surface area contributed by atoms with Crippen molar-refractivity contribution in [3.8, 4) is 11.5 Å². The fourth-order valence-electron chi connectivity index (χ4n) is 1.50. The first kappa shape index (κ1) is 13.1. The van der Waals surface area contributed by atoms with E-state index in [9.17, 15) is 4.79 Å². The molecule has 2 rings (SSSR count). The zero-order chi connectivity index (χ0) is 13.5. The lowest BCUT2D eigenvalue weighted by Gasteiger charge is -2.07. The summed E-state index contributed by atoms with van der Waals surface area (Å²) in [6.07, 6.45) is 0. The molecule has 0 bridgehead atoms. The summed E-state index contributed by atoms with van der Waals surface area (Å²) in [7, 11) is 0. The van der Waals surface area contributed by atoms with E-state index in [-0.39, 0.29) is 13.2 Å². The number of carbonyl (C=O) groups is 1. The molecule has 0 saturated carbocycles. The minimum Gasteiger partial charge on any atom is -0.460 e. The Labute approximate surface area is 111 Å². The summed E-state index contributed by atoms with van der Waals surface area (Å²) in [4.78, 5) is 10.9. The highest BCUT2D eigenvalue weighted by Crippen LogP contribution is 2.21. The number of ether oxygens (including phenoxy) is 2. The minimum absolute atomic E-state index is 0.102. The molecule has 4 heteroatoms. The third-order valence-corrected chi connectivity index (χ3v) is 2.47. The molecule has 0 aliphatic rings. The van der Waals surface area contributed by atoms with Gasteiger partial charge in [0, 0.05) is 0 Å². The first-order valence-electron chi connectivity index (χ1n) is 5.95. The summed E-state index contributed by atoms with van der Waals surface area (Å²) in [5.41, 5.74) is 6.04. The second kappa shape index (κ2) is 6.56. The molecule has 0 amide bonds. The molecule has 2 aromatic rings. The Morgan fingerprint density at radius 2 is 1.58 bits per heavy atom. The molecule has 0 heterocycles. The van der Waals surface area contributed by atoms with E-state index in [0.29, 0.717) is 0 Å². The molecule has 0 saturated heterocycles. The lowest BCUT2D eigenvalue weighted by molar-refractivity contribution is -0.143. The van der Waals surface area contributed by atoms with Gasteiger partial charge in [-0.15, -0.1) is 0 Å². The van der Waals surface area contributed by atoms with Crippen LogP contribution in [0, 0.1) is 0 Å². The summed E-state index contributed by atoms with van der Waals surface area (Å²) in [5.74, 6) is 1.11. The van der Waals surface area contributed by atoms with Crippen LogP contribution in [0.3, 0.4) is 0 Å². The molecule has 2 aromatic carbocycles. The van der Waals surface area contributed by atoms with Gasteiger partial charge in [0.25, 0.3) is 0 Å². The van der Waals surface area contributed by atoms with E-state index in [1.54, 1.807) is 0 Å². The fourth-order valence-corrected chi connectivity index (χ4v) is 1.50. The largest absolute Gasteiger partial charge is 0.460 e. The molecule has 4 nitrogen and oxygen atoms in total. The average molecular weight is 257 g/mol. The van der Waals surface area contributed by atoms with Gasteiger partial charge in [0.05, 0.1) is 6.54 Å². The summed E-state index contributed by atoms with van der Waals surface area (Å²) < 4.78 is 10.6. The van der Waals surface area contributed by atoms with Crippen molar-refractivity contribution in [2.75, 3.05) is 6.54 Å². The van der Waals surface area contributed by atoms with Gasteiger partial charge in [-0.05, 0) is 29.8 Å². The van der Waals surface area contributed by atoms with Gasteiger partial charge in [-0.2, -0.15) is 0 Å². The lowest BCUT2D eigenvalue weighted by Crippen LogP contribution is -2.16. The normalized spacial score (nSPS) is 9.95. The lowest BCUT2D eigenvalue weighted by atomic mass is 10.2. The van der Waals surface area contributed by atoms with Gasteiger partial charge in [0.2, 0.25) is 0 Å². The second-order valence-electron chi connectivity index (χ2n) is 3.92. The van der Waals surface area contributed by atoms with Gasteiger partial charge in [-0.3, -0.25) is 4.79 Å². The summed E-state index contributed by atoms with van der Waals surface area (Å²) in [6, 6.07) is 16.9. The maximum atomic E-state index is 10.9. The van der Waals surface area contributed by atoms with Gasteiger partial charge in [0.1, 0.15) is 18.1 Å². The van der Waals surface area contributed by atoms with Crippen molar-refractivity contribution in [3.63, 3.8) is 0 Å². The highest BCUT2D eigenvalue weighted by atomic mass is 16.5. The highest BCUT2D eigenvalue weighted by Gasteiger charge is 2.01. The fraction of sp³-hybridized carbons (Fsp3) is 0.133. The molecule has 0 unspecified atom stereocenters. The number of para-hydroxylation sites is 1. The zero-order valence-corrected chi connectivity index (χ0v) is 10.4. The molecule has 98 valence electrons. The maximum Gasteiger partial charge on any atom is 0.320 e. The van der Waals surface area contributed by atoms with Crippen LogP contribution in [0.25, 0.3) is 0 Å². The van der Waals surface area contributed by atoms with Gasteiger partial charge < -0.3 is 15.2 Å². The van der Waals surface area contributed by atoms with Crippen LogP contribution >= 0.6 is 0 Å². The third kappa shape index (κ3) is 4.12. The van der Waals surface area contributed by atoms with Crippen molar-refractivity contribution < 1.29 is 14.3 Å². The average Bonchev–Trinajstić information content (AvgIpc) is 2.47. The Bertz CT molecular complexity index is 523. The van der Waals surface area contributed by atoms with E-state index >= 15 is 0 Å². The number of benzene rings is 2. The monoisotopic (exact) mass is 257 g/mol. The quantitative estimate of drug-likeness (QED) is 0.836. The Morgan fingerprint density at radius 1 is 0.947 bits per heavy atom. The van der Waals surface area contributed by atoms with E-state index in [4.69, 9.17) is 15.2 Å². The topological polar surface area (TPSA) is 61.6 Å². The molecular weight excluding hydrogens is 242 g/mol. The van der Waals surface area contributed by atoms with Crippen LogP contribution in [0.15, 0.2) is 54.6 Å². The van der Waals surface area contributed by atoms with E-state index in [1.807, 2.05) is 54.6 Å². The Kier molecular flexibility index (Phi) is 4.53. The molecule has 0 fully saturated rings. The van der Waals surface area contributed by atoms with Crippen molar-refractivity contribution in [1.29, 1.82) is 0 Å². The van der Waals surface area contributed by atoms with E-state index in [2.05, 4.69) is 0 Å². The predicted octanol–water partition coefficient (Wildman–Crippen LogP) is 2.48. The van der Waals surface area contributed by atoms with Crippen LogP contribution in [-0.2, 0) is 16.1 Å². The molecular formula is C15H15NO3. The summed E-state index contributed by atoms with van der Waals surface area (Å²) in [6.45, 7) is 0.122.